The molecular formula is C23H28O4. The van der Waals surface area contributed by atoms with Gasteiger partial charge in [-0.3, -0.25) is 4.79 Å². The largest absolute Gasteiger partial charge is 0.494 e. The van der Waals surface area contributed by atoms with Crippen molar-refractivity contribution in [1.82, 2.24) is 0 Å². The van der Waals surface area contributed by atoms with Gasteiger partial charge in [-0.2, -0.15) is 0 Å². The fourth-order valence-corrected chi connectivity index (χ4v) is 2.70. The lowest BCUT2D eigenvalue weighted by Gasteiger charge is -2.08. The van der Waals surface area contributed by atoms with E-state index in [1.807, 2.05) is 48.5 Å². The monoisotopic (exact) mass is 368 g/mol. The van der Waals surface area contributed by atoms with Crippen LogP contribution in [0.25, 0.3) is 11.1 Å². The Morgan fingerprint density at radius 1 is 0.815 bits per heavy atom. The van der Waals surface area contributed by atoms with Gasteiger partial charge in [0.1, 0.15) is 18.1 Å². The van der Waals surface area contributed by atoms with E-state index in [1.54, 1.807) is 0 Å². The molecule has 0 aliphatic rings. The molecule has 0 aromatic heterocycles. The highest BCUT2D eigenvalue weighted by Gasteiger charge is 2.01. The zero-order valence-electron chi connectivity index (χ0n) is 15.7. The van der Waals surface area contributed by atoms with Gasteiger partial charge in [-0.15, -0.1) is 0 Å². The predicted molar refractivity (Wildman–Crippen MR) is 108 cm³/mol. The Hall–Kier alpha value is -2.59. The van der Waals surface area contributed by atoms with Crippen LogP contribution in [0.2, 0.25) is 0 Å². The average molecular weight is 368 g/mol. The first kappa shape index (κ1) is 20.7. The maximum atomic E-state index is 11.1. The molecule has 0 saturated heterocycles. The summed E-state index contributed by atoms with van der Waals surface area (Å²) >= 11 is 0. The summed E-state index contributed by atoms with van der Waals surface area (Å²) < 4.78 is 11.2. The fourth-order valence-electron chi connectivity index (χ4n) is 2.70. The first-order chi connectivity index (χ1) is 13.2. The molecule has 4 nitrogen and oxygen atoms in total. The molecule has 0 saturated carbocycles. The third-order valence-corrected chi connectivity index (χ3v) is 4.22. The number of rotatable bonds is 13. The van der Waals surface area contributed by atoms with Crippen LogP contribution in [-0.2, 0) is 4.79 Å². The molecule has 1 N–H and O–H groups in total. The van der Waals surface area contributed by atoms with Crippen LogP contribution in [0.4, 0.5) is 0 Å². The Labute approximate surface area is 161 Å². The van der Waals surface area contributed by atoms with Crippen molar-refractivity contribution < 1.29 is 19.4 Å². The highest BCUT2D eigenvalue weighted by atomic mass is 16.5. The van der Waals surface area contributed by atoms with E-state index in [-0.39, 0.29) is 12.4 Å². The molecule has 0 atom stereocenters. The second-order valence-electron chi connectivity index (χ2n) is 6.30. The van der Waals surface area contributed by atoms with Gasteiger partial charge in [0, 0.05) is 6.42 Å². The maximum Gasteiger partial charge on any atom is 0.155 e. The van der Waals surface area contributed by atoms with Gasteiger partial charge in [0.2, 0.25) is 0 Å². The molecule has 2 aromatic rings. The van der Waals surface area contributed by atoms with Crippen molar-refractivity contribution >= 4 is 5.78 Å². The van der Waals surface area contributed by atoms with E-state index in [0.717, 1.165) is 48.3 Å². The van der Waals surface area contributed by atoms with Gasteiger partial charge in [-0.1, -0.05) is 43.7 Å². The first-order valence-electron chi connectivity index (χ1n) is 9.45. The molecule has 0 bridgehead atoms. The molecule has 4 heteroatoms. The Morgan fingerprint density at radius 3 is 1.85 bits per heavy atom. The lowest BCUT2D eigenvalue weighted by Crippen LogP contribution is -2.01. The lowest BCUT2D eigenvalue weighted by molar-refractivity contribution is -0.114. The van der Waals surface area contributed by atoms with Gasteiger partial charge in [0.15, 0.2) is 5.78 Å². The standard InChI is InChI=1S/C23H28O4/c1-2-21(25)7-5-3-4-6-17-26-22-12-8-19(9-13-22)20-10-14-23(15-11-20)27-18-16-24/h2,8-15,24H,1,3-7,16-18H2. The molecule has 0 amide bonds. The molecule has 0 radical (unpaired) electrons. The van der Waals surface area contributed by atoms with Crippen LogP contribution in [0.15, 0.2) is 61.2 Å². The van der Waals surface area contributed by atoms with Crippen LogP contribution in [0.5, 0.6) is 11.5 Å². The van der Waals surface area contributed by atoms with E-state index in [0.29, 0.717) is 19.6 Å². The van der Waals surface area contributed by atoms with Crippen LogP contribution in [0.3, 0.4) is 0 Å². The Bertz CT molecular complexity index is 689. The molecule has 2 aromatic carbocycles. The molecule has 0 heterocycles. The summed E-state index contributed by atoms with van der Waals surface area (Å²) in [6.07, 6.45) is 6.00. The zero-order chi connectivity index (χ0) is 19.3. The van der Waals surface area contributed by atoms with Crippen molar-refractivity contribution in [2.45, 2.75) is 32.1 Å². The number of hydrogen-bond acceptors (Lipinski definition) is 4. The summed E-state index contributed by atoms with van der Waals surface area (Å²) in [4.78, 5) is 11.1. The quantitative estimate of drug-likeness (QED) is 0.407. The molecule has 0 unspecified atom stereocenters. The Kier molecular flexibility index (Phi) is 9.14. The minimum absolute atomic E-state index is 0.0121. The topological polar surface area (TPSA) is 55.8 Å². The van der Waals surface area contributed by atoms with Crippen LogP contribution < -0.4 is 9.47 Å². The van der Waals surface area contributed by atoms with Gasteiger partial charge in [-0.05, 0) is 54.3 Å². The number of ketones is 1. The maximum absolute atomic E-state index is 11.1. The van der Waals surface area contributed by atoms with Crippen molar-refractivity contribution in [2.75, 3.05) is 19.8 Å². The highest BCUT2D eigenvalue weighted by molar-refractivity contribution is 5.88. The lowest BCUT2D eigenvalue weighted by atomic mass is 10.1. The van der Waals surface area contributed by atoms with E-state index in [4.69, 9.17) is 14.6 Å². The number of unbranched alkanes of at least 4 members (excludes halogenated alkanes) is 3. The molecule has 2 rings (SSSR count). The number of carbonyl (C=O) groups excluding carboxylic acids is 1. The molecular weight excluding hydrogens is 340 g/mol. The van der Waals surface area contributed by atoms with Crippen molar-refractivity contribution in [1.29, 1.82) is 0 Å². The number of allylic oxidation sites excluding steroid dienone is 1. The summed E-state index contributed by atoms with van der Waals surface area (Å²) in [5.74, 6) is 1.74. The third kappa shape index (κ3) is 7.67. The van der Waals surface area contributed by atoms with Gasteiger partial charge in [0.25, 0.3) is 0 Å². The second kappa shape index (κ2) is 11.9. The smallest absolute Gasteiger partial charge is 0.155 e. The van der Waals surface area contributed by atoms with Crippen LogP contribution >= 0.6 is 0 Å². The number of ether oxygens (including phenoxy) is 2. The summed E-state index contributed by atoms with van der Waals surface area (Å²) in [6, 6.07) is 15.8. The third-order valence-electron chi connectivity index (χ3n) is 4.22. The van der Waals surface area contributed by atoms with Crippen molar-refractivity contribution in [3.8, 4) is 22.6 Å². The van der Waals surface area contributed by atoms with Crippen molar-refractivity contribution in [2.24, 2.45) is 0 Å². The van der Waals surface area contributed by atoms with E-state index < -0.39 is 0 Å². The highest BCUT2D eigenvalue weighted by Crippen LogP contribution is 2.24. The number of aliphatic hydroxyl groups excluding tert-OH is 1. The van der Waals surface area contributed by atoms with Gasteiger partial charge >= 0.3 is 0 Å². The normalized spacial score (nSPS) is 10.4. The van der Waals surface area contributed by atoms with E-state index in [9.17, 15) is 4.79 Å². The minimum Gasteiger partial charge on any atom is -0.494 e. The molecule has 0 spiro atoms. The summed E-state index contributed by atoms with van der Waals surface area (Å²) in [5.41, 5.74) is 2.22. The first-order valence-corrected chi connectivity index (χ1v) is 9.45. The second-order valence-corrected chi connectivity index (χ2v) is 6.30. The number of hydrogen-bond donors (Lipinski definition) is 1. The number of aliphatic hydroxyl groups is 1. The van der Waals surface area contributed by atoms with Crippen molar-refractivity contribution in [3.05, 3.63) is 61.2 Å². The van der Waals surface area contributed by atoms with E-state index >= 15 is 0 Å². The van der Waals surface area contributed by atoms with Gasteiger partial charge in [0.05, 0.1) is 13.2 Å². The molecule has 0 aliphatic carbocycles. The van der Waals surface area contributed by atoms with E-state index in [2.05, 4.69) is 6.58 Å². The zero-order valence-corrected chi connectivity index (χ0v) is 15.7. The molecule has 27 heavy (non-hydrogen) atoms. The Balaban J connectivity index is 1.70. The number of carbonyl (C=O) groups is 1. The number of benzene rings is 2. The summed E-state index contributed by atoms with van der Waals surface area (Å²) in [5, 5.41) is 8.78. The van der Waals surface area contributed by atoms with Gasteiger partial charge < -0.3 is 14.6 Å². The van der Waals surface area contributed by atoms with Crippen LogP contribution in [-0.4, -0.2) is 30.7 Å². The van der Waals surface area contributed by atoms with Crippen LogP contribution in [0, 0.1) is 0 Å². The van der Waals surface area contributed by atoms with Gasteiger partial charge in [-0.25, -0.2) is 0 Å². The summed E-state index contributed by atoms with van der Waals surface area (Å²) in [7, 11) is 0. The summed E-state index contributed by atoms with van der Waals surface area (Å²) in [6.45, 7) is 4.48. The Morgan fingerprint density at radius 2 is 1.33 bits per heavy atom. The molecule has 0 fully saturated rings. The van der Waals surface area contributed by atoms with Crippen LogP contribution in [0.1, 0.15) is 32.1 Å². The molecule has 0 aliphatic heterocycles. The van der Waals surface area contributed by atoms with E-state index in [1.165, 1.54) is 6.08 Å². The molecule has 144 valence electrons. The average Bonchev–Trinajstić information content (AvgIpc) is 2.72. The minimum atomic E-state index is 0.0121. The predicted octanol–water partition coefficient (Wildman–Crippen LogP) is 4.81. The SMILES string of the molecule is C=CC(=O)CCCCCCOc1ccc(-c2ccc(OCCO)cc2)cc1. The van der Waals surface area contributed by atoms with Crippen molar-refractivity contribution in [3.63, 3.8) is 0 Å². The fraction of sp³-hybridized carbons (Fsp3) is 0.348.